The van der Waals surface area contributed by atoms with Crippen molar-refractivity contribution in [1.82, 2.24) is 4.90 Å². The average molecular weight is 218 g/mol. The molecule has 0 unspecified atom stereocenters. The maximum Gasteiger partial charge on any atom is 0.414 e. The quantitative estimate of drug-likeness (QED) is 0.724. The molecule has 0 atom stereocenters. The van der Waals surface area contributed by atoms with Crippen molar-refractivity contribution in [2.24, 2.45) is 0 Å². The van der Waals surface area contributed by atoms with Gasteiger partial charge in [-0.15, -0.1) is 0 Å². The van der Waals surface area contributed by atoms with Crippen LogP contribution in [-0.4, -0.2) is 25.1 Å². The van der Waals surface area contributed by atoms with Gasteiger partial charge in [-0.2, -0.15) is 0 Å². The molecule has 3 nitrogen and oxygen atoms in total. The van der Waals surface area contributed by atoms with E-state index in [0.717, 1.165) is 6.07 Å². The van der Waals surface area contributed by atoms with Crippen LogP contribution in [0.2, 0.25) is 5.02 Å². The monoisotopic (exact) mass is 217 g/mol. The van der Waals surface area contributed by atoms with Crippen LogP contribution in [0.25, 0.3) is 0 Å². The first-order chi connectivity index (χ1) is 6.50. The van der Waals surface area contributed by atoms with E-state index in [1.54, 1.807) is 0 Å². The molecule has 1 aromatic carbocycles. The summed E-state index contributed by atoms with van der Waals surface area (Å²) in [7, 11) is 3.05. The molecule has 14 heavy (non-hydrogen) atoms. The Kier molecular flexibility index (Phi) is 3.30. The normalized spacial score (nSPS) is 9.71. The molecule has 0 aromatic heterocycles. The fourth-order valence-corrected chi connectivity index (χ4v) is 0.897. The van der Waals surface area contributed by atoms with Gasteiger partial charge in [0.25, 0.3) is 0 Å². The Labute approximate surface area is 86.0 Å². The van der Waals surface area contributed by atoms with E-state index in [1.807, 2.05) is 0 Å². The molecule has 0 saturated carbocycles. The number of halogens is 2. The molecule has 1 aromatic rings. The van der Waals surface area contributed by atoms with Crippen molar-refractivity contribution < 1.29 is 13.9 Å². The summed E-state index contributed by atoms with van der Waals surface area (Å²) in [5.74, 6) is -0.485. The standard InChI is InChI=1S/C9H9ClFNO2/c1-12(2)9(13)14-8-5-6(11)3-4-7(8)10/h3-5H,1-2H3. The van der Waals surface area contributed by atoms with Crippen molar-refractivity contribution in [3.8, 4) is 5.75 Å². The van der Waals surface area contributed by atoms with Crippen LogP contribution in [0.15, 0.2) is 18.2 Å². The summed E-state index contributed by atoms with van der Waals surface area (Å²) in [6, 6.07) is 3.58. The fraction of sp³-hybridized carbons (Fsp3) is 0.222. The van der Waals surface area contributed by atoms with Crippen LogP contribution < -0.4 is 4.74 Å². The second kappa shape index (κ2) is 4.28. The van der Waals surface area contributed by atoms with Crippen molar-refractivity contribution in [3.63, 3.8) is 0 Å². The van der Waals surface area contributed by atoms with Gasteiger partial charge in [0, 0.05) is 20.2 Å². The molecule has 0 bridgehead atoms. The van der Waals surface area contributed by atoms with Gasteiger partial charge in [0.05, 0.1) is 5.02 Å². The number of amides is 1. The first kappa shape index (κ1) is 10.8. The highest BCUT2D eigenvalue weighted by Gasteiger charge is 2.10. The Morgan fingerprint density at radius 3 is 2.71 bits per heavy atom. The summed E-state index contributed by atoms with van der Waals surface area (Å²) >= 11 is 5.68. The predicted molar refractivity (Wildman–Crippen MR) is 51.1 cm³/mol. The number of ether oxygens (including phenoxy) is 1. The largest absolute Gasteiger partial charge is 0.414 e. The van der Waals surface area contributed by atoms with Crippen molar-refractivity contribution in [2.45, 2.75) is 0 Å². The van der Waals surface area contributed by atoms with E-state index in [0.29, 0.717) is 0 Å². The van der Waals surface area contributed by atoms with Gasteiger partial charge in [-0.3, -0.25) is 0 Å². The molecule has 5 heteroatoms. The number of benzene rings is 1. The molecule has 0 saturated heterocycles. The number of carbonyl (C=O) groups excluding carboxylic acids is 1. The molecule has 1 amide bonds. The Morgan fingerprint density at radius 2 is 2.14 bits per heavy atom. The lowest BCUT2D eigenvalue weighted by molar-refractivity contribution is 0.172. The third-order valence-corrected chi connectivity index (χ3v) is 1.77. The second-order valence-electron chi connectivity index (χ2n) is 2.84. The van der Waals surface area contributed by atoms with E-state index < -0.39 is 11.9 Å². The topological polar surface area (TPSA) is 29.5 Å². The van der Waals surface area contributed by atoms with Crippen molar-refractivity contribution in [2.75, 3.05) is 14.1 Å². The smallest absolute Gasteiger partial charge is 0.409 e. The Balaban J connectivity index is 2.86. The first-order valence-electron chi connectivity index (χ1n) is 3.85. The second-order valence-corrected chi connectivity index (χ2v) is 3.24. The van der Waals surface area contributed by atoms with E-state index in [2.05, 4.69) is 0 Å². The van der Waals surface area contributed by atoms with Crippen molar-refractivity contribution in [1.29, 1.82) is 0 Å². The highest BCUT2D eigenvalue weighted by molar-refractivity contribution is 6.32. The summed E-state index contributed by atoms with van der Waals surface area (Å²) in [6.07, 6.45) is -0.600. The number of nitrogens with zero attached hydrogens (tertiary/aromatic N) is 1. The van der Waals surface area contributed by atoms with Gasteiger partial charge in [-0.05, 0) is 12.1 Å². The predicted octanol–water partition coefficient (Wildman–Crippen LogP) is 2.54. The minimum absolute atomic E-state index is 0.0189. The molecule has 0 N–H and O–H groups in total. The summed E-state index contributed by atoms with van der Waals surface area (Å²) in [5.41, 5.74) is 0. The highest BCUT2D eigenvalue weighted by atomic mass is 35.5. The molecule has 0 heterocycles. The van der Waals surface area contributed by atoms with E-state index in [1.165, 1.54) is 31.1 Å². The van der Waals surface area contributed by atoms with E-state index in [-0.39, 0.29) is 10.8 Å². The van der Waals surface area contributed by atoms with Crippen molar-refractivity contribution >= 4 is 17.7 Å². The third-order valence-electron chi connectivity index (χ3n) is 1.46. The molecule has 0 fully saturated rings. The van der Waals surface area contributed by atoms with Crippen LogP contribution in [0.4, 0.5) is 9.18 Å². The molecule has 0 aliphatic carbocycles. The number of carbonyl (C=O) groups is 1. The van der Waals surface area contributed by atoms with Gasteiger partial charge in [0.2, 0.25) is 0 Å². The zero-order valence-electron chi connectivity index (χ0n) is 7.75. The number of rotatable bonds is 1. The lowest BCUT2D eigenvalue weighted by Crippen LogP contribution is -2.25. The lowest BCUT2D eigenvalue weighted by Gasteiger charge is -2.11. The van der Waals surface area contributed by atoms with Crippen LogP contribution in [-0.2, 0) is 0 Å². The highest BCUT2D eigenvalue weighted by Crippen LogP contribution is 2.25. The Morgan fingerprint density at radius 1 is 1.50 bits per heavy atom. The van der Waals surface area contributed by atoms with Crippen LogP contribution in [0.3, 0.4) is 0 Å². The molecule has 1 rings (SSSR count). The van der Waals surface area contributed by atoms with Crippen LogP contribution >= 0.6 is 11.6 Å². The van der Waals surface area contributed by atoms with Crippen LogP contribution in [0.1, 0.15) is 0 Å². The molecule has 76 valence electrons. The fourth-order valence-electron chi connectivity index (χ4n) is 0.741. The van der Waals surface area contributed by atoms with Gasteiger partial charge in [0.1, 0.15) is 5.82 Å². The zero-order chi connectivity index (χ0) is 10.7. The summed E-state index contributed by atoms with van der Waals surface area (Å²) in [5, 5.41) is 0.196. The number of hydrogen-bond donors (Lipinski definition) is 0. The Bertz CT molecular complexity index is 355. The van der Waals surface area contributed by atoms with Gasteiger partial charge in [-0.25, -0.2) is 9.18 Å². The van der Waals surface area contributed by atoms with E-state index in [9.17, 15) is 9.18 Å². The van der Waals surface area contributed by atoms with Crippen molar-refractivity contribution in [3.05, 3.63) is 29.0 Å². The van der Waals surface area contributed by atoms with E-state index >= 15 is 0 Å². The van der Waals surface area contributed by atoms with Gasteiger partial charge < -0.3 is 9.64 Å². The minimum atomic E-state index is -0.600. The zero-order valence-corrected chi connectivity index (χ0v) is 8.51. The lowest BCUT2D eigenvalue weighted by atomic mass is 10.3. The summed E-state index contributed by atoms with van der Waals surface area (Å²) in [4.78, 5) is 12.3. The SMILES string of the molecule is CN(C)C(=O)Oc1cc(F)ccc1Cl. The molecular formula is C9H9ClFNO2. The maximum atomic E-state index is 12.7. The minimum Gasteiger partial charge on any atom is -0.409 e. The average Bonchev–Trinajstić information content (AvgIpc) is 2.11. The van der Waals surface area contributed by atoms with Gasteiger partial charge >= 0.3 is 6.09 Å². The maximum absolute atomic E-state index is 12.7. The van der Waals surface area contributed by atoms with Gasteiger partial charge in [-0.1, -0.05) is 11.6 Å². The first-order valence-corrected chi connectivity index (χ1v) is 4.22. The Hall–Kier alpha value is -1.29. The van der Waals surface area contributed by atoms with Crippen LogP contribution in [0.5, 0.6) is 5.75 Å². The molecule has 0 aliphatic heterocycles. The summed E-state index contributed by atoms with van der Waals surface area (Å²) < 4.78 is 17.5. The summed E-state index contributed by atoms with van der Waals surface area (Å²) in [6.45, 7) is 0. The van der Waals surface area contributed by atoms with Gasteiger partial charge in [0.15, 0.2) is 5.75 Å². The molecule has 0 radical (unpaired) electrons. The molecule has 0 aliphatic rings. The third kappa shape index (κ3) is 2.60. The molecule has 0 spiro atoms. The van der Waals surface area contributed by atoms with E-state index in [4.69, 9.17) is 16.3 Å². The molecular weight excluding hydrogens is 209 g/mol. The van der Waals surface area contributed by atoms with Crippen LogP contribution in [0, 0.1) is 5.82 Å². The number of hydrogen-bond acceptors (Lipinski definition) is 2.